The lowest BCUT2D eigenvalue weighted by atomic mass is 10.1. The van der Waals surface area contributed by atoms with Crippen LogP contribution in [-0.4, -0.2) is 40.2 Å². The third-order valence-corrected chi connectivity index (χ3v) is 5.49. The standard InChI is InChI=1S/C21H22N4O/c1-2-6-17-16(5-1)21(24-20(23-17)15-9-11-22-12-10-15)25-13-4-14-26-19-8-3-7-18(19)25/h1-2,5-6,9-12,18-19H,3-4,7-8,13-14H2/t18-,19+/m1/s1. The minimum atomic E-state index is 0.329. The average molecular weight is 346 g/mol. The van der Waals surface area contributed by atoms with E-state index in [1.165, 1.54) is 12.8 Å². The maximum Gasteiger partial charge on any atom is 0.162 e. The first kappa shape index (κ1) is 15.7. The Kier molecular flexibility index (Phi) is 4.02. The molecule has 1 saturated heterocycles. The molecule has 0 bridgehead atoms. The van der Waals surface area contributed by atoms with Crippen molar-refractivity contribution in [1.82, 2.24) is 15.0 Å². The van der Waals surface area contributed by atoms with Crippen molar-refractivity contribution in [2.24, 2.45) is 0 Å². The molecule has 2 fully saturated rings. The summed E-state index contributed by atoms with van der Waals surface area (Å²) in [6, 6.07) is 12.7. The van der Waals surface area contributed by atoms with Crippen molar-refractivity contribution in [3.63, 3.8) is 0 Å². The Morgan fingerprint density at radius 3 is 2.77 bits per heavy atom. The molecule has 3 aromatic rings. The molecule has 5 rings (SSSR count). The molecule has 0 N–H and O–H groups in total. The molecule has 5 heteroatoms. The Bertz CT molecular complexity index is 914. The number of hydrogen-bond donors (Lipinski definition) is 0. The maximum atomic E-state index is 6.11. The molecule has 132 valence electrons. The number of pyridine rings is 1. The third-order valence-electron chi connectivity index (χ3n) is 5.49. The van der Waals surface area contributed by atoms with Crippen LogP contribution in [0.1, 0.15) is 25.7 Å². The predicted octanol–water partition coefficient (Wildman–Crippen LogP) is 3.84. The van der Waals surface area contributed by atoms with Gasteiger partial charge in [-0.25, -0.2) is 9.97 Å². The molecular formula is C21H22N4O. The molecular weight excluding hydrogens is 324 g/mol. The monoisotopic (exact) mass is 346 g/mol. The van der Waals surface area contributed by atoms with Gasteiger partial charge in [-0.15, -0.1) is 0 Å². The minimum Gasteiger partial charge on any atom is -0.376 e. The zero-order chi connectivity index (χ0) is 17.3. The van der Waals surface area contributed by atoms with Crippen LogP contribution in [0.5, 0.6) is 0 Å². The van der Waals surface area contributed by atoms with Crippen molar-refractivity contribution in [2.75, 3.05) is 18.1 Å². The van der Waals surface area contributed by atoms with Crippen molar-refractivity contribution in [3.05, 3.63) is 48.8 Å². The zero-order valence-corrected chi connectivity index (χ0v) is 14.7. The van der Waals surface area contributed by atoms with Gasteiger partial charge in [-0.05, 0) is 49.9 Å². The number of rotatable bonds is 2. The molecule has 2 atom stereocenters. The van der Waals surface area contributed by atoms with Crippen LogP contribution >= 0.6 is 0 Å². The minimum absolute atomic E-state index is 0.329. The highest BCUT2D eigenvalue weighted by Gasteiger charge is 2.36. The van der Waals surface area contributed by atoms with Gasteiger partial charge in [0, 0.05) is 36.5 Å². The highest BCUT2D eigenvalue weighted by atomic mass is 16.5. The number of para-hydroxylation sites is 1. The van der Waals surface area contributed by atoms with Crippen LogP contribution in [0, 0.1) is 0 Å². The van der Waals surface area contributed by atoms with Crippen LogP contribution in [0.4, 0.5) is 5.82 Å². The molecule has 2 aliphatic rings. The van der Waals surface area contributed by atoms with Gasteiger partial charge in [0.15, 0.2) is 5.82 Å². The van der Waals surface area contributed by atoms with E-state index in [2.05, 4.69) is 28.1 Å². The summed E-state index contributed by atoms with van der Waals surface area (Å²) in [6.07, 6.45) is 8.51. The first-order valence-corrected chi connectivity index (χ1v) is 9.45. The van der Waals surface area contributed by atoms with E-state index >= 15 is 0 Å². The first-order valence-electron chi connectivity index (χ1n) is 9.45. The van der Waals surface area contributed by atoms with Crippen LogP contribution in [0.25, 0.3) is 22.3 Å². The van der Waals surface area contributed by atoms with Crippen LogP contribution < -0.4 is 4.90 Å². The second-order valence-corrected chi connectivity index (χ2v) is 7.08. The number of hydrogen-bond acceptors (Lipinski definition) is 5. The van der Waals surface area contributed by atoms with E-state index in [1.807, 2.05) is 18.2 Å². The van der Waals surface area contributed by atoms with E-state index in [0.29, 0.717) is 12.1 Å². The summed E-state index contributed by atoms with van der Waals surface area (Å²) >= 11 is 0. The van der Waals surface area contributed by atoms with Gasteiger partial charge in [-0.2, -0.15) is 0 Å². The summed E-state index contributed by atoms with van der Waals surface area (Å²) in [7, 11) is 0. The Labute approximate surface area is 153 Å². The van der Waals surface area contributed by atoms with Crippen molar-refractivity contribution >= 4 is 16.7 Å². The highest BCUT2D eigenvalue weighted by molar-refractivity contribution is 5.91. The lowest BCUT2D eigenvalue weighted by Gasteiger charge is -2.32. The summed E-state index contributed by atoms with van der Waals surface area (Å²) in [5, 5.41) is 1.12. The molecule has 0 radical (unpaired) electrons. The Morgan fingerprint density at radius 1 is 0.962 bits per heavy atom. The van der Waals surface area contributed by atoms with Crippen LogP contribution in [-0.2, 0) is 4.74 Å². The molecule has 1 aromatic carbocycles. The normalized spacial score (nSPS) is 23.0. The van der Waals surface area contributed by atoms with Gasteiger partial charge in [0.2, 0.25) is 0 Å². The molecule has 5 nitrogen and oxygen atoms in total. The SMILES string of the molecule is c1ccc2c(N3CCCO[C@H]4CCC[C@H]43)nc(-c3ccncc3)nc2c1. The lowest BCUT2D eigenvalue weighted by molar-refractivity contribution is 0.0591. The van der Waals surface area contributed by atoms with Crippen molar-refractivity contribution in [2.45, 2.75) is 37.8 Å². The summed E-state index contributed by atoms with van der Waals surface area (Å²) in [5.41, 5.74) is 1.99. The molecule has 2 aromatic heterocycles. The first-order chi connectivity index (χ1) is 12.9. The molecule has 1 aliphatic carbocycles. The fourth-order valence-electron chi connectivity index (χ4n) is 4.26. The predicted molar refractivity (Wildman–Crippen MR) is 102 cm³/mol. The van der Waals surface area contributed by atoms with Gasteiger partial charge in [-0.1, -0.05) is 12.1 Å². The van der Waals surface area contributed by atoms with Gasteiger partial charge in [0.25, 0.3) is 0 Å². The van der Waals surface area contributed by atoms with E-state index in [-0.39, 0.29) is 0 Å². The fraction of sp³-hybridized carbons (Fsp3) is 0.381. The van der Waals surface area contributed by atoms with Gasteiger partial charge >= 0.3 is 0 Å². The van der Waals surface area contributed by atoms with E-state index in [9.17, 15) is 0 Å². The zero-order valence-electron chi connectivity index (χ0n) is 14.7. The average Bonchev–Trinajstić information content (AvgIpc) is 3.07. The Balaban J connectivity index is 1.68. The van der Waals surface area contributed by atoms with Crippen molar-refractivity contribution < 1.29 is 4.74 Å². The second-order valence-electron chi connectivity index (χ2n) is 7.08. The van der Waals surface area contributed by atoms with Gasteiger partial charge in [0.05, 0.1) is 17.7 Å². The highest BCUT2D eigenvalue weighted by Crippen LogP contribution is 2.35. The van der Waals surface area contributed by atoms with E-state index in [1.54, 1.807) is 12.4 Å². The molecule has 0 unspecified atom stereocenters. The van der Waals surface area contributed by atoms with Gasteiger partial charge < -0.3 is 9.64 Å². The summed E-state index contributed by atoms with van der Waals surface area (Å²) in [5.74, 6) is 1.81. The lowest BCUT2D eigenvalue weighted by Crippen LogP contribution is -2.40. The Hall–Kier alpha value is -2.53. The van der Waals surface area contributed by atoms with E-state index < -0.39 is 0 Å². The van der Waals surface area contributed by atoms with Crippen LogP contribution in [0.2, 0.25) is 0 Å². The summed E-state index contributed by atoms with van der Waals surface area (Å²) < 4.78 is 6.11. The topological polar surface area (TPSA) is 51.1 Å². The number of anilines is 1. The Morgan fingerprint density at radius 2 is 1.85 bits per heavy atom. The van der Waals surface area contributed by atoms with Gasteiger partial charge in [0.1, 0.15) is 5.82 Å². The quantitative estimate of drug-likeness (QED) is 0.706. The van der Waals surface area contributed by atoms with E-state index in [0.717, 1.165) is 54.1 Å². The summed E-state index contributed by atoms with van der Waals surface area (Å²) in [4.78, 5) is 16.4. The molecule has 0 spiro atoms. The second kappa shape index (κ2) is 6.65. The summed E-state index contributed by atoms with van der Waals surface area (Å²) in [6.45, 7) is 1.83. The van der Waals surface area contributed by atoms with E-state index in [4.69, 9.17) is 14.7 Å². The van der Waals surface area contributed by atoms with Crippen LogP contribution in [0.3, 0.4) is 0 Å². The molecule has 0 amide bonds. The molecule has 1 saturated carbocycles. The maximum absolute atomic E-state index is 6.11. The third kappa shape index (κ3) is 2.72. The number of benzene rings is 1. The van der Waals surface area contributed by atoms with Crippen molar-refractivity contribution in [1.29, 1.82) is 0 Å². The van der Waals surface area contributed by atoms with Gasteiger partial charge in [-0.3, -0.25) is 4.98 Å². The molecule has 1 aliphatic heterocycles. The smallest absolute Gasteiger partial charge is 0.162 e. The molecule has 26 heavy (non-hydrogen) atoms. The van der Waals surface area contributed by atoms with Crippen LogP contribution in [0.15, 0.2) is 48.8 Å². The largest absolute Gasteiger partial charge is 0.376 e. The number of ether oxygens (including phenoxy) is 1. The number of fused-ring (bicyclic) bond motifs is 2. The molecule has 3 heterocycles. The number of nitrogens with zero attached hydrogens (tertiary/aromatic N) is 4. The number of aromatic nitrogens is 3. The van der Waals surface area contributed by atoms with Crippen molar-refractivity contribution in [3.8, 4) is 11.4 Å². The fourth-order valence-corrected chi connectivity index (χ4v) is 4.26.